The van der Waals surface area contributed by atoms with Crippen LogP contribution in [0.3, 0.4) is 0 Å². The highest BCUT2D eigenvalue weighted by molar-refractivity contribution is 6.12. The number of ether oxygens (including phenoxy) is 1. The minimum atomic E-state index is -0.271. The summed E-state index contributed by atoms with van der Waals surface area (Å²) in [6, 6.07) is 3.80. The topological polar surface area (TPSA) is 39.2 Å². The van der Waals surface area contributed by atoms with Crippen LogP contribution in [0.4, 0.5) is 0 Å². The van der Waals surface area contributed by atoms with Gasteiger partial charge in [-0.15, -0.1) is 0 Å². The van der Waals surface area contributed by atoms with E-state index in [9.17, 15) is 4.79 Å². The number of rotatable bonds is 1. The zero-order valence-electron chi connectivity index (χ0n) is 8.64. The molecule has 1 aliphatic rings. The van der Waals surface area contributed by atoms with E-state index in [0.717, 1.165) is 24.1 Å². The summed E-state index contributed by atoms with van der Waals surface area (Å²) in [5.74, 6) is -0.257. The van der Waals surface area contributed by atoms with Crippen LogP contribution >= 0.6 is 0 Å². The lowest BCUT2D eigenvalue weighted by Crippen LogP contribution is -2.19. The van der Waals surface area contributed by atoms with Crippen molar-refractivity contribution < 1.29 is 9.53 Å². The van der Waals surface area contributed by atoms with Gasteiger partial charge in [-0.05, 0) is 18.1 Å². The third kappa shape index (κ3) is 2.03. The molecule has 1 heterocycles. The summed E-state index contributed by atoms with van der Waals surface area (Å²) in [6.07, 6.45) is 3.06. The van der Waals surface area contributed by atoms with Crippen molar-refractivity contribution in [2.24, 2.45) is 0 Å². The molecule has 1 aromatic heterocycles. The molecule has 0 aliphatic heterocycles. The second kappa shape index (κ2) is 4.05. The Morgan fingerprint density at radius 2 is 2.40 bits per heavy atom. The van der Waals surface area contributed by atoms with Crippen molar-refractivity contribution in [1.82, 2.24) is 4.98 Å². The molecule has 0 aromatic carbocycles. The van der Waals surface area contributed by atoms with E-state index >= 15 is 0 Å². The molecule has 1 aliphatic carbocycles. The van der Waals surface area contributed by atoms with E-state index in [0.29, 0.717) is 0 Å². The van der Waals surface area contributed by atoms with Gasteiger partial charge in [0.25, 0.3) is 0 Å². The second-order valence-electron chi connectivity index (χ2n) is 3.76. The van der Waals surface area contributed by atoms with Crippen LogP contribution in [-0.2, 0) is 9.53 Å². The number of hydrogen-bond donors (Lipinski definition) is 0. The molecule has 2 unspecified atom stereocenters. The fourth-order valence-electron chi connectivity index (χ4n) is 1.95. The van der Waals surface area contributed by atoms with E-state index in [1.54, 1.807) is 6.20 Å². The first kappa shape index (κ1) is 10.2. The molecular weight excluding hydrogens is 189 g/mol. The smallest absolute Gasteiger partial charge is 0.303 e. The van der Waals surface area contributed by atoms with Crippen molar-refractivity contribution in [3.05, 3.63) is 29.6 Å². The van der Waals surface area contributed by atoms with Gasteiger partial charge in [0.2, 0.25) is 0 Å². The van der Waals surface area contributed by atoms with Gasteiger partial charge in [-0.2, -0.15) is 0 Å². The Kier molecular flexibility index (Phi) is 2.76. The number of nitrogens with zero attached hydrogens (tertiary/aromatic N) is 1. The van der Waals surface area contributed by atoms with Crippen molar-refractivity contribution in [3.63, 3.8) is 0 Å². The van der Waals surface area contributed by atoms with Crippen molar-refractivity contribution in [1.29, 1.82) is 0 Å². The number of hydrogen-bond acceptors (Lipinski definition) is 3. The van der Waals surface area contributed by atoms with E-state index in [1.165, 1.54) is 6.92 Å². The van der Waals surface area contributed by atoms with Gasteiger partial charge >= 0.3 is 5.97 Å². The van der Waals surface area contributed by atoms with E-state index in [1.807, 2.05) is 12.1 Å². The third-order valence-electron chi connectivity index (χ3n) is 2.62. The first-order valence-electron chi connectivity index (χ1n) is 5.06. The predicted octanol–water partition coefficient (Wildman–Crippen LogP) is 1.69. The maximum Gasteiger partial charge on any atom is 0.303 e. The standard InChI is InChI=1S/C11H12BNO2/c1-7(14)15-10-5-4-9(12)8-3-2-6-13-11(8)10/h2-3,6,9-10H,4-5H2,1H3. The highest BCUT2D eigenvalue weighted by Gasteiger charge is 2.27. The molecule has 0 N–H and O–H groups in total. The van der Waals surface area contributed by atoms with Gasteiger partial charge in [0.1, 0.15) is 6.10 Å². The Morgan fingerprint density at radius 1 is 1.60 bits per heavy atom. The molecule has 2 atom stereocenters. The molecule has 0 fully saturated rings. The Hall–Kier alpha value is -1.32. The summed E-state index contributed by atoms with van der Waals surface area (Å²) in [6.45, 7) is 1.41. The molecule has 76 valence electrons. The molecule has 0 amide bonds. The van der Waals surface area contributed by atoms with E-state index < -0.39 is 0 Å². The lowest BCUT2D eigenvalue weighted by Gasteiger charge is -2.28. The SMILES string of the molecule is [B]C1CCC(OC(C)=O)c2ncccc21. The molecule has 2 rings (SSSR count). The first-order valence-corrected chi connectivity index (χ1v) is 5.06. The molecule has 0 saturated carbocycles. The number of aromatic nitrogens is 1. The fourth-order valence-corrected chi connectivity index (χ4v) is 1.95. The van der Waals surface area contributed by atoms with Gasteiger partial charge in [0.15, 0.2) is 0 Å². The van der Waals surface area contributed by atoms with Gasteiger partial charge in [-0.25, -0.2) is 0 Å². The molecule has 2 radical (unpaired) electrons. The summed E-state index contributed by atoms with van der Waals surface area (Å²) < 4.78 is 5.21. The number of pyridine rings is 1. The van der Waals surface area contributed by atoms with Gasteiger partial charge in [-0.1, -0.05) is 18.3 Å². The van der Waals surface area contributed by atoms with Gasteiger partial charge in [-0.3, -0.25) is 9.78 Å². The maximum absolute atomic E-state index is 10.9. The first-order chi connectivity index (χ1) is 7.18. The average molecular weight is 201 g/mol. The number of carbonyl (C=O) groups is 1. The van der Waals surface area contributed by atoms with Gasteiger partial charge in [0.05, 0.1) is 13.5 Å². The molecule has 3 nitrogen and oxygen atoms in total. The zero-order chi connectivity index (χ0) is 10.8. The van der Waals surface area contributed by atoms with Crippen LogP contribution < -0.4 is 0 Å². The molecule has 4 heteroatoms. The Balaban J connectivity index is 2.31. The van der Waals surface area contributed by atoms with Crippen molar-refractivity contribution in [2.75, 3.05) is 0 Å². The maximum atomic E-state index is 10.9. The fraction of sp³-hybridized carbons (Fsp3) is 0.455. The van der Waals surface area contributed by atoms with Gasteiger partial charge in [0, 0.05) is 13.1 Å². The van der Waals surface area contributed by atoms with Crippen LogP contribution in [0.15, 0.2) is 18.3 Å². The minimum Gasteiger partial charge on any atom is -0.456 e. The Bertz CT molecular complexity index is 381. The summed E-state index contributed by atoms with van der Waals surface area (Å²) in [4.78, 5) is 15.2. The zero-order valence-corrected chi connectivity index (χ0v) is 8.64. The highest BCUT2D eigenvalue weighted by atomic mass is 16.5. The largest absolute Gasteiger partial charge is 0.456 e. The normalized spacial score (nSPS) is 24.3. The van der Waals surface area contributed by atoms with Crippen LogP contribution in [-0.4, -0.2) is 18.8 Å². The molecule has 0 spiro atoms. The molecule has 0 bridgehead atoms. The summed E-state index contributed by atoms with van der Waals surface area (Å²) in [5, 5.41) is 0. The van der Waals surface area contributed by atoms with Crippen LogP contribution in [0.25, 0.3) is 0 Å². The predicted molar refractivity (Wildman–Crippen MR) is 56.5 cm³/mol. The van der Waals surface area contributed by atoms with Crippen LogP contribution in [0, 0.1) is 0 Å². The highest BCUT2D eigenvalue weighted by Crippen LogP contribution is 2.36. The number of carbonyl (C=O) groups excluding carboxylic acids is 1. The summed E-state index contributed by atoms with van der Waals surface area (Å²) >= 11 is 0. The monoisotopic (exact) mass is 201 g/mol. The quantitative estimate of drug-likeness (QED) is 0.512. The lowest BCUT2D eigenvalue weighted by atomic mass is 9.72. The average Bonchev–Trinajstić information content (AvgIpc) is 2.22. The van der Waals surface area contributed by atoms with Crippen LogP contribution in [0.2, 0.25) is 0 Å². The second-order valence-corrected chi connectivity index (χ2v) is 3.76. The van der Waals surface area contributed by atoms with Crippen LogP contribution in [0.5, 0.6) is 0 Å². The molecule has 0 saturated heterocycles. The molecule has 1 aromatic rings. The summed E-state index contributed by atoms with van der Waals surface area (Å²) in [5.41, 5.74) is 1.81. The minimum absolute atomic E-state index is 0.0144. The Morgan fingerprint density at radius 3 is 3.13 bits per heavy atom. The van der Waals surface area contributed by atoms with Crippen molar-refractivity contribution in [2.45, 2.75) is 31.7 Å². The van der Waals surface area contributed by atoms with Crippen molar-refractivity contribution >= 4 is 13.8 Å². The molecular formula is C11H12BNO2. The van der Waals surface area contributed by atoms with E-state index in [2.05, 4.69) is 4.98 Å². The molecule has 15 heavy (non-hydrogen) atoms. The van der Waals surface area contributed by atoms with Gasteiger partial charge < -0.3 is 4.74 Å². The van der Waals surface area contributed by atoms with Crippen LogP contribution in [0.1, 0.15) is 42.9 Å². The van der Waals surface area contributed by atoms with Crippen molar-refractivity contribution in [3.8, 4) is 0 Å². The third-order valence-corrected chi connectivity index (χ3v) is 2.62. The van der Waals surface area contributed by atoms with E-state index in [-0.39, 0.29) is 17.9 Å². The lowest BCUT2D eigenvalue weighted by molar-refractivity contribution is -0.147. The Labute approximate surface area is 90.3 Å². The number of fused-ring (bicyclic) bond motifs is 1. The summed E-state index contributed by atoms with van der Waals surface area (Å²) in [7, 11) is 5.96. The number of esters is 1. The van der Waals surface area contributed by atoms with E-state index in [4.69, 9.17) is 12.6 Å².